The van der Waals surface area contributed by atoms with Crippen molar-refractivity contribution in [2.24, 2.45) is 7.05 Å². The van der Waals surface area contributed by atoms with E-state index in [1.807, 2.05) is 0 Å². The first-order valence-corrected chi connectivity index (χ1v) is 7.71. The van der Waals surface area contributed by atoms with Gasteiger partial charge in [-0.05, 0) is 12.8 Å². The molecule has 1 aromatic heterocycles. The summed E-state index contributed by atoms with van der Waals surface area (Å²) in [4.78, 5) is 23.3. The summed E-state index contributed by atoms with van der Waals surface area (Å²) in [6, 6.07) is -0.205. The molecule has 8 heteroatoms. The molecule has 0 radical (unpaired) electrons. The molecule has 7 nitrogen and oxygen atoms in total. The molecule has 1 aromatic rings. The number of aryl methyl sites for hydroxylation is 1. The number of thioether (sulfide) groups is 1. The molecule has 20 heavy (non-hydrogen) atoms. The van der Waals surface area contributed by atoms with Gasteiger partial charge in [-0.25, -0.2) is 4.79 Å². The fourth-order valence-electron chi connectivity index (χ4n) is 2.16. The van der Waals surface area contributed by atoms with Gasteiger partial charge in [0.1, 0.15) is 6.33 Å². The van der Waals surface area contributed by atoms with Crippen molar-refractivity contribution in [2.45, 2.75) is 43.3 Å². The maximum absolute atomic E-state index is 11.7. The van der Waals surface area contributed by atoms with Gasteiger partial charge in [-0.15, -0.1) is 10.2 Å². The van der Waals surface area contributed by atoms with Gasteiger partial charge in [0.25, 0.3) is 0 Å². The predicted molar refractivity (Wildman–Crippen MR) is 75.3 cm³/mol. The second-order valence-corrected chi connectivity index (χ2v) is 5.81. The van der Waals surface area contributed by atoms with E-state index in [0.717, 1.165) is 25.7 Å². The molecule has 2 rings (SSSR count). The topological polar surface area (TPSA) is 88.9 Å². The maximum atomic E-state index is 11.7. The van der Waals surface area contributed by atoms with Gasteiger partial charge in [-0.2, -0.15) is 0 Å². The lowest BCUT2D eigenvalue weighted by atomic mass is 9.96. The highest BCUT2D eigenvalue weighted by Crippen LogP contribution is 2.17. The van der Waals surface area contributed by atoms with E-state index in [0.29, 0.717) is 5.16 Å². The van der Waals surface area contributed by atoms with Crippen LogP contribution in [0.5, 0.6) is 0 Å². The molecule has 3 amide bonds. The zero-order valence-corrected chi connectivity index (χ0v) is 12.3. The van der Waals surface area contributed by atoms with Gasteiger partial charge in [-0.1, -0.05) is 31.0 Å². The number of urea groups is 1. The zero-order valence-electron chi connectivity index (χ0n) is 11.5. The Hall–Kier alpha value is -1.57. The van der Waals surface area contributed by atoms with E-state index in [1.165, 1.54) is 18.2 Å². The first kappa shape index (κ1) is 14.8. The Kier molecular flexibility index (Phi) is 5.40. The van der Waals surface area contributed by atoms with Gasteiger partial charge in [0.05, 0.1) is 5.75 Å². The molecule has 1 saturated carbocycles. The average Bonchev–Trinajstić information content (AvgIpc) is 2.83. The largest absolute Gasteiger partial charge is 0.335 e. The standard InChI is InChI=1S/C12H19N5O2S/c1-17-8-13-16-12(17)20-7-10(18)15-11(19)14-9-5-3-2-4-6-9/h8-9H,2-7H2,1H3,(H2,14,15,18,19). The Balaban J connectivity index is 1.68. The van der Waals surface area contributed by atoms with Crippen LogP contribution in [0.25, 0.3) is 0 Å². The minimum atomic E-state index is -0.402. The molecule has 0 unspecified atom stereocenters. The lowest BCUT2D eigenvalue weighted by molar-refractivity contribution is -0.117. The van der Waals surface area contributed by atoms with E-state index in [9.17, 15) is 9.59 Å². The number of aromatic nitrogens is 3. The van der Waals surface area contributed by atoms with E-state index < -0.39 is 6.03 Å². The van der Waals surface area contributed by atoms with Crippen LogP contribution in [-0.2, 0) is 11.8 Å². The maximum Gasteiger partial charge on any atom is 0.321 e. The lowest BCUT2D eigenvalue weighted by Crippen LogP contribution is -2.45. The van der Waals surface area contributed by atoms with E-state index in [1.54, 1.807) is 17.9 Å². The first-order chi connectivity index (χ1) is 9.65. The fraction of sp³-hybridized carbons (Fsp3) is 0.667. The number of amides is 3. The summed E-state index contributed by atoms with van der Waals surface area (Å²) in [5.41, 5.74) is 0. The number of carbonyl (C=O) groups excluding carboxylic acids is 2. The Morgan fingerprint density at radius 3 is 2.80 bits per heavy atom. The molecule has 1 aliphatic rings. The molecular formula is C12H19N5O2S. The van der Waals surface area contributed by atoms with Crippen LogP contribution in [0.3, 0.4) is 0 Å². The van der Waals surface area contributed by atoms with Crippen LogP contribution in [0.2, 0.25) is 0 Å². The quantitative estimate of drug-likeness (QED) is 0.811. The van der Waals surface area contributed by atoms with Crippen molar-refractivity contribution >= 4 is 23.7 Å². The van der Waals surface area contributed by atoms with Gasteiger partial charge in [0.2, 0.25) is 5.91 Å². The van der Waals surface area contributed by atoms with E-state index in [2.05, 4.69) is 20.8 Å². The van der Waals surface area contributed by atoms with E-state index in [-0.39, 0.29) is 17.7 Å². The molecular weight excluding hydrogens is 278 g/mol. The third kappa shape index (κ3) is 4.52. The highest BCUT2D eigenvalue weighted by molar-refractivity contribution is 7.99. The number of hydrogen-bond donors (Lipinski definition) is 2. The summed E-state index contributed by atoms with van der Waals surface area (Å²) in [5, 5.41) is 13.4. The number of rotatable bonds is 4. The van der Waals surface area contributed by atoms with Crippen LogP contribution in [0, 0.1) is 0 Å². The molecule has 0 bridgehead atoms. The van der Waals surface area contributed by atoms with Gasteiger partial charge < -0.3 is 9.88 Å². The van der Waals surface area contributed by atoms with Crippen molar-refractivity contribution in [3.63, 3.8) is 0 Å². The van der Waals surface area contributed by atoms with Crippen molar-refractivity contribution in [3.05, 3.63) is 6.33 Å². The Labute approximate surface area is 121 Å². The molecule has 1 fully saturated rings. The molecule has 110 valence electrons. The molecule has 1 heterocycles. The predicted octanol–water partition coefficient (Wildman–Crippen LogP) is 1.07. The average molecular weight is 297 g/mol. The zero-order chi connectivity index (χ0) is 14.4. The van der Waals surface area contributed by atoms with Crippen molar-refractivity contribution in [2.75, 3.05) is 5.75 Å². The molecule has 0 atom stereocenters. The van der Waals surface area contributed by atoms with Crippen molar-refractivity contribution in [1.82, 2.24) is 25.4 Å². The smallest absolute Gasteiger partial charge is 0.321 e. The first-order valence-electron chi connectivity index (χ1n) is 6.72. The third-order valence-electron chi connectivity index (χ3n) is 3.20. The van der Waals surface area contributed by atoms with E-state index in [4.69, 9.17) is 0 Å². The summed E-state index contributed by atoms with van der Waals surface area (Å²) in [7, 11) is 1.80. The third-order valence-corrected chi connectivity index (χ3v) is 4.23. The Morgan fingerprint density at radius 2 is 2.15 bits per heavy atom. The molecule has 0 saturated heterocycles. The summed E-state index contributed by atoms with van der Waals surface area (Å²) in [5.74, 6) is -0.184. The normalized spacial score (nSPS) is 15.8. The van der Waals surface area contributed by atoms with E-state index >= 15 is 0 Å². The summed E-state index contributed by atoms with van der Waals surface area (Å²) in [6.07, 6.45) is 7.06. The number of nitrogens with zero attached hydrogens (tertiary/aromatic N) is 3. The fourth-order valence-corrected chi connectivity index (χ4v) is 2.85. The summed E-state index contributed by atoms with van der Waals surface area (Å²) < 4.78 is 1.72. The van der Waals surface area contributed by atoms with Crippen LogP contribution >= 0.6 is 11.8 Å². The van der Waals surface area contributed by atoms with Crippen molar-refractivity contribution < 1.29 is 9.59 Å². The van der Waals surface area contributed by atoms with Gasteiger partial charge in [0.15, 0.2) is 5.16 Å². The molecule has 0 spiro atoms. The Morgan fingerprint density at radius 1 is 1.40 bits per heavy atom. The van der Waals surface area contributed by atoms with Crippen LogP contribution < -0.4 is 10.6 Å². The van der Waals surface area contributed by atoms with Gasteiger partial charge >= 0.3 is 6.03 Å². The highest BCUT2D eigenvalue weighted by Gasteiger charge is 2.17. The SMILES string of the molecule is Cn1cnnc1SCC(=O)NC(=O)NC1CCCCC1. The van der Waals surface area contributed by atoms with Crippen molar-refractivity contribution in [3.8, 4) is 0 Å². The van der Waals surface area contributed by atoms with Crippen LogP contribution in [0.4, 0.5) is 4.79 Å². The van der Waals surface area contributed by atoms with Crippen LogP contribution in [0.15, 0.2) is 11.5 Å². The van der Waals surface area contributed by atoms with Crippen LogP contribution in [0.1, 0.15) is 32.1 Å². The van der Waals surface area contributed by atoms with Crippen molar-refractivity contribution in [1.29, 1.82) is 0 Å². The minimum Gasteiger partial charge on any atom is -0.335 e. The van der Waals surface area contributed by atoms with Crippen LogP contribution in [-0.4, -0.2) is 38.5 Å². The molecule has 1 aliphatic carbocycles. The number of imide groups is 1. The molecule has 0 aromatic carbocycles. The number of hydrogen-bond acceptors (Lipinski definition) is 5. The van der Waals surface area contributed by atoms with Gasteiger partial charge in [-0.3, -0.25) is 10.1 Å². The lowest BCUT2D eigenvalue weighted by Gasteiger charge is -2.22. The van der Waals surface area contributed by atoms with Gasteiger partial charge in [0, 0.05) is 13.1 Å². The molecule has 0 aliphatic heterocycles. The second-order valence-electron chi connectivity index (χ2n) is 4.87. The summed E-state index contributed by atoms with van der Waals surface area (Å²) >= 11 is 1.25. The number of carbonyl (C=O) groups is 2. The highest BCUT2D eigenvalue weighted by atomic mass is 32.2. The monoisotopic (exact) mass is 297 g/mol. The minimum absolute atomic E-state index is 0.143. The Bertz CT molecular complexity index is 470. The summed E-state index contributed by atoms with van der Waals surface area (Å²) in [6.45, 7) is 0. The number of nitrogens with one attached hydrogen (secondary N) is 2. The molecule has 2 N–H and O–H groups in total. The second kappa shape index (κ2) is 7.28.